The Morgan fingerprint density at radius 1 is 1.07 bits per heavy atom. The number of imide groups is 2. The van der Waals surface area contributed by atoms with Crippen LogP contribution < -0.4 is 19.7 Å². The van der Waals surface area contributed by atoms with E-state index in [0.717, 1.165) is 4.90 Å². The molecule has 8 heteroatoms. The largest absolute Gasteiger partial charge is 0.497 e. The molecule has 1 aromatic carbocycles. The van der Waals surface area contributed by atoms with Crippen molar-refractivity contribution in [3.05, 3.63) is 46.9 Å². The van der Waals surface area contributed by atoms with E-state index in [4.69, 9.17) is 13.9 Å². The zero-order chi connectivity index (χ0) is 19.7. The molecular weight excluding hydrogens is 352 g/mol. The van der Waals surface area contributed by atoms with Gasteiger partial charge in [-0.3, -0.25) is 14.9 Å². The summed E-state index contributed by atoms with van der Waals surface area (Å²) in [5.41, 5.74) is 0.595. The molecule has 3 rings (SSSR count). The molecule has 2 aromatic rings. The first-order chi connectivity index (χ1) is 12.8. The van der Waals surface area contributed by atoms with Crippen LogP contribution in [0.5, 0.6) is 11.5 Å². The molecule has 0 saturated carbocycles. The molecule has 1 saturated heterocycles. The average Bonchev–Trinajstić information content (AvgIpc) is 2.95. The number of ether oxygens (including phenoxy) is 2. The molecule has 1 aliphatic rings. The van der Waals surface area contributed by atoms with Crippen molar-refractivity contribution in [3.63, 3.8) is 0 Å². The van der Waals surface area contributed by atoms with Crippen LogP contribution in [-0.4, -0.2) is 32.1 Å². The van der Waals surface area contributed by atoms with Gasteiger partial charge in [-0.2, -0.15) is 0 Å². The Kier molecular flexibility index (Phi) is 4.72. The maximum absolute atomic E-state index is 13.0. The molecule has 4 amide bonds. The number of benzene rings is 1. The molecule has 27 heavy (non-hydrogen) atoms. The molecule has 0 bridgehead atoms. The Labute approximate surface area is 155 Å². The van der Waals surface area contributed by atoms with E-state index in [1.165, 1.54) is 26.4 Å². The molecule has 1 aromatic heterocycles. The lowest BCUT2D eigenvalue weighted by Crippen LogP contribution is -2.54. The summed E-state index contributed by atoms with van der Waals surface area (Å²) in [6, 6.07) is 5.49. The van der Waals surface area contributed by atoms with Crippen molar-refractivity contribution < 1.29 is 28.3 Å². The highest BCUT2D eigenvalue weighted by Crippen LogP contribution is 2.34. The van der Waals surface area contributed by atoms with Crippen LogP contribution in [0.4, 0.5) is 10.5 Å². The van der Waals surface area contributed by atoms with Crippen molar-refractivity contribution in [3.8, 4) is 11.5 Å². The second-order valence-corrected chi connectivity index (χ2v) is 5.86. The number of barbiturate groups is 1. The maximum Gasteiger partial charge on any atom is 0.336 e. The number of hydrogen-bond acceptors (Lipinski definition) is 6. The van der Waals surface area contributed by atoms with Crippen molar-refractivity contribution in [2.75, 3.05) is 19.1 Å². The summed E-state index contributed by atoms with van der Waals surface area (Å²) in [6.45, 7) is 3.48. The van der Waals surface area contributed by atoms with Crippen LogP contribution in [0.15, 0.2) is 34.3 Å². The summed E-state index contributed by atoms with van der Waals surface area (Å²) in [4.78, 5) is 38.4. The molecule has 8 nitrogen and oxygen atoms in total. The van der Waals surface area contributed by atoms with Crippen LogP contribution in [-0.2, 0) is 9.59 Å². The number of methoxy groups -OCH3 is 2. The van der Waals surface area contributed by atoms with Gasteiger partial charge in [0.2, 0.25) is 0 Å². The number of furan rings is 1. The van der Waals surface area contributed by atoms with E-state index in [1.54, 1.807) is 32.0 Å². The van der Waals surface area contributed by atoms with Gasteiger partial charge < -0.3 is 13.9 Å². The van der Waals surface area contributed by atoms with E-state index in [2.05, 4.69) is 5.32 Å². The molecule has 0 aliphatic carbocycles. The molecule has 1 fully saturated rings. The van der Waals surface area contributed by atoms with E-state index >= 15 is 0 Å². The minimum atomic E-state index is -0.856. The van der Waals surface area contributed by atoms with Crippen molar-refractivity contribution in [2.24, 2.45) is 0 Å². The molecule has 1 aliphatic heterocycles. The van der Waals surface area contributed by atoms with Crippen LogP contribution in [0.25, 0.3) is 6.08 Å². The number of carbonyl (C=O) groups excluding carboxylic acids is 3. The Morgan fingerprint density at radius 2 is 1.81 bits per heavy atom. The molecule has 0 radical (unpaired) electrons. The maximum atomic E-state index is 13.0. The van der Waals surface area contributed by atoms with E-state index in [1.807, 2.05) is 0 Å². The summed E-state index contributed by atoms with van der Waals surface area (Å²) in [5, 5.41) is 2.18. The van der Waals surface area contributed by atoms with Gasteiger partial charge in [-0.05, 0) is 38.1 Å². The number of hydrogen-bond donors (Lipinski definition) is 1. The SMILES string of the molecule is COc1ccc(N2C(=O)NC(=O)/C(=C\c3cc(C)oc3C)C2=O)c(OC)c1. The van der Waals surface area contributed by atoms with Crippen LogP contribution in [0.2, 0.25) is 0 Å². The van der Waals surface area contributed by atoms with Gasteiger partial charge in [-0.25, -0.2) is 9.69 Å². The smallest absolute Gasteiger partial charge is 0.336 e. The number of rotatable bonds is 4. The molecule has 0 spiro atoms. The minimum absolute atomic E-state index is 0.184. The zero-order valence-electron chi connectivity index (χ0n) is 15.3. The number of aryl methyl sites for hydroxylation is 2. The summed E-state index contributed by atoms with van der Waals surface area (Å²) >= 11 is 0. The predicted molar refractivity (Wildman–Crippen MR) is 96.7 cm³/mol. The Hall–Kier alpha value is -3.55. The number of urea groups is 1. The lowest BCUT2D eigenvalue weighted by atomic mass is 10.1. The summed E-state index contributed by atoms with van der Waals surface area (Å²) in [5.74, 6) is 0.426. The number of anilines is 1. The highest BCUT2D eigenvalue weighted by molar-refractivity contribution is 6.39. The van der Waals surface area contributed by atoms with E-state index < -0.39 is 17.8 Å². The molecule has 0 atom stereocenters. The van der Waals surface area contributed by atoms with E-state index in [-0.39, 0.29) is 17.0 Å². The third-order valence-corrected chi connectivity index (χ3v) is 4.11. The highest BCUT2D eigenvalue weighted by Gasteiger charge is 2.38. The van der Waals surface area contributed by atoms with Crippen LogP contribution in [0, 0.1) is 13.8 Å². The topological polar surface area (TPSA) is 98.1 Å². The van der Waals surface area contributed by atoms with Gasteiger partial charge >= 0.3 is 6.03 Å². The average molecular weight is 370 g/mol. The first kappa shape index (κ1) is 18.2. The standard InChI is InChI=1S/C19H18N2O6/c1-10-7-12(11(2)27-10)8-14-17(22)20-19(24)21(18(14)23)15-6-5-13(25-3)9-16(15)26-4/h5-9H,1-4H3,(H,20,22,24)/b14-8+. The van der Waals surface area contributed by atoms with Gasteiger partial charge in [0.05, 0.1) is 19.9 Å². The third kappa shape index (κ3) is 3.29. The zero-order valence-corrected chi connectivity index (χ0v) is 15.3. The molecule has 140 valence electrons. The molecule has 0 unspecified atom stereocenters. The first-order valence-corrected chi connectivity index (χ1v) is 8.06. The van der Waals surface area contributed by atoms with Crippen molar-refractivity contribution in [1.29, 1.82) is 0 Å². The number of nitrogens with one attached hydrogen (secondary N) is 1. The normalized spacial score (nSPS) is 15.9. The van der Waals surface area contributed by atoms with Gasteiger partial charge in [0.25, 0.3) is 11.8 Å². The van der Waals surface area contributed by atoms with E-state index in [0.29, 0.717) is 22.8 Å². The lowest BCUT2D eigenvalue weighted by molar-refractivity contribution is -0.122. The fourth-order valence-corrected chi connectivity index (χ4v) is 2.80. The summed E-state index contributed by atoms with van der Waals surface area (Å²) in [7, 11) is 2.89. The van der Waals surface area contributed by atoms with Gasteiger partial charge in [0.1, 0.15) is 28.6 Å². The van der Waals surface area contributed by atoms with Gasteiger partial charge in [-0.15, -0.1) is 0 Å². The fraction of sp³-hybridized carbons (Fsp3) is 0.211. The van der Waals surface area contributed by atoms with Crippen LogP contribution >= 0.6 is 0 Å². The number of nitrogens with zero attached hydrogens (tertiary/aromatic N) is 1. The summed E-state index contributed by atoms with van der Waals surface area (Å²) < 4.78 is 15.8. The Morgan fingerprint density at radius 3 is 2.41 bits per heavy atom. The molecule has 2 heterocycles. The van der Waals surface area contributed by atoms with Crippen LogP contribution in [0.1, 0.15) is 17.1 Å². The Balaban J connectivity index is 2.07. The van der Waals surface area contributed by atoms with Crippen LogP contribution in [0.3, 0.4) is 0 Å². The third-order valence-electron chi connectivity index (χ3n) is 4.11. The second-order valence-electron chi connectivity index (χ2n) is 5.86. The molecular formula is C19H18N2O6. The van der Waals surface area contributed by atoms with Gasteiger partial charge in [0.15, 0.2) is 0 Å². The number of carbonyl (C=O) groups is 3. The highest BCUT2D eigenvalue weighted by atomic mass is 16.5. The van der Waals surface area contributed by atoms with Crippen molar-refractivity contribution >= 4 is 29.6 Å². The van der Waals surface area contributed by atoms with Gasteiger partial charge in [-0.1, -0.05) is 0 Å². The minimum Gasteiger partial charge on any atom is -0.497 e. The van der Waals surface area contributed by atoms with E-state index in [9.17, 15) is 14.4 Å². The number of amides is 4. The lowest BCUT2D eigenvalue weighted by Gasteiger charge is -2.27. The van der Waals surface area contributed by atoms with Gasteiger partial charge in [0, 0.05) is 11.6 Å². The van der Waals surface area contributed by atoms with Crippen molar-refractivity contribution in [1.82, 2.24) is 5.32 Å². The summed E-state index contributed by atoms with van der Waals surface area (Å²) in [6.07, 6.45) is 1.40. The first-order valence-electron chi connectivity index (χ1n) is 8.06. The Bertz CT molecular complexity index is 973. The monoisotopic (exact) mass is 370 g/mol. The quantitative estimate of drug-likeness (QED) is 0.656. The predicted octanol–water partition coefficient (Wildman–Crippen LogP) is 2.58. The second kappa shape index (κ2) is 6.99. The fourth-order valence-electron chi connectivity index (χ4n) is 2.80. The molecule has 1 N–H and O–H groups in total. The van der Waals surface area contributed by atoms with Crippen molar-refractivity contribution in [2.45, 2.75) is 13.8 Å².